The Morgan fingerprint density at radius 1 is 1.00 bits per heavy atom. The number of amidine groups is 1. The molecule has 0 N–H and O–H groups in total. The average molecular weight is 404 g/mol. The maximum atomic E-state index is 12.9. The molecule has 3 rings (SSSR count). The van der Waals surface area contributed by atoms with E-state index in [1.807, 2.05) is 11.8 Å². The predicted molar refractivity (Wildman–Crippen MR) is 107 cm³/mol. The van der Waals surface area contributed by atoms with Crippen molar-refractivity contribution in [1.82, 2.24) is 4.90 Å². The lowest BCUT2D eigenvalue weighted by molar-refractivity contribution is 0.0683. The molecule has 1 heterocycles. The van der Waals surface area contributed by atoms with Crippen molar-refractivity contribution >= 4 is 15.9 Å². The third-order valence-corrected chi connectivity index (χ3v) is 5.76. The number of morpholine rings is 1. The summed E-state index contributed by atoms with van der Waals surface area (Å²) in [6, 6.07) is 11.9. The number of hydrogen-bond donors (Lipinski definition) is 0. The van der Waals surface area contributed by atoms with Crippen molar-refractivity contribution in [2.45, 2.75) is 11.8 Å². The topological polar surface area (TPSA) is 77.4 Å². The summed E-state index contributed by atoms with van der Waals surface area (Å²) in [6.07, 6.45) is 0. The Balaban J connectivity index is 2.09. The monoisotopic (exact) mass is 404 g/mol. The summed E-state index contributed by atoms with van der Waals surface area (Å²) in [6.45, 7) is 4.03. The summed E-state index contributed by atoms with van der Waals surface area (Å²) in [5.41, 5.74) is 1.62. The van der Waals surface area contributed by atoms with Crippen LogP contribution in [0.5, 0.6) is 11.5 Å². The number of sulfonamides is 1. The number of nitrogens with zero attached hydrogens (tertiary/aromatic N) is 2. The number of benzene rings is 2. The van der Waals surface area contributed by atoms with Crippen LogP contribution in [-0.4, -0.2) is 59.7 Å². The van der Waals surface area contributed by atoms with Gasteiger partial charge in [-0.1, -0.05) is 17.7 Å². The molecule has 0 unspecified atom stereocenters. The van der Waals surface area contributed by atoms with Crippen molar-refractivity contribution in [2.75, 3.05) is 40.5 Å². The minimum atomic E-state index is -3.88. The fourth-order valence-corrected chi connectivity index (χ4v) is 3.95. The third-order valence-electron chi connectivity index (χ3n) is 4.48. The SMILES string of the molecule is COc1ccc(/C(=N/S(=O)(=O)c2ccc(C)cc2)N2CCOCC2)cc1OC. The summed E-state index contributed by atoms with van der Waals surface area (Å²) in [7, 11) is -0.786. The molecule has 0 aliphatic carbocycles. The van der Waals surface area contributed by atoms with E-state index in [9.17, 15) is 8.42 Å². The normalized spacial score (nSPS) is 15.4. The molecule has 0 amide bonds. The van der Waals surface area contributed by atoms with Gasteiger partial charge in [0.25, 0.3) is 10.0 Å². The highest BCUT2D eigenvalue weighted by molar-refractivity contribution is 7.90. The molecule has 1 fully saturated rings. The molecule has 2 aromatic rings. The lowest BCUT2D eigenvalue weighted by Gasteiger charge is -2.30. The molecule has 0 spiro atoms. The van der Waals surface area contributed by atoms with Crippen LogP contribution in [0.4, 0.5) is 0 Å². The van der Waals surface area contributed by atoms with E-state index in [0.717, 1.165) is 5.56 Å². The third kappa shape index (κ3) is 4.45. The Labute approximate surface area is 165 Å². The standard InChI is InChI=1S/C20H24N2O5S/c1-15-4-7-17(8-5-15)28(23,24)21-20(22-10-12-27-13-11-22)16-6-9-18(25-2)19(14-16)26-3/h4-9,14H,10-13H2,1-3H3/b21-20-. The van der Waals surface area contributed by atoms with Crippen LogP contribution in [0.2, 0.25) is 0 Å². The Bertz CT molecular complexity index is 949. The van der Waals surface area contributed by atoms with Gasteiger partial charge in [-0.05, 0) is 37.3 Å². The van der Waals surface area contributed by atoms with Crippen LogP contribution in [-0.2, 0) is 14.8 Å². The second-order valence-corrected chi connectivity index (χ2v) is 7.98. The maximum absolute atomic E-state index is 12.9. The van der Waals surface area contributed by atoms with E-state index in [1.54, 1.807) is 49.6 Å². The molecule has 1 aliphatic rings. The molecular weight excluding hydrogens is 380 g/mol. The van der Waals surface area contributed by atoms with Gasteiger partial charge in [0.2, 0.25) is 0 Å². The summed E-state index contributed by atoms with van der Waals surface area (Å²) in [4.78, 5) is 2.07. The van der Waals surface area contributed by atoms with Gasteiger partial charge in [0.05, 0.1) is 32.3 Å². The molecule has 1 aliphatic heterocycles. The van der Waals surface area contributed by atoms with E-state index in [2.05, 4.69) is 4.40 Å². The van der Waals surface area contributed by atoms with Gasteiger partial charge in [-0.3, -0.25) is 0 Å². The van der Waals surface area contributed by atoms with Gasteiger partial charge in [0.1, 0.15) is 5.84 Å². The Morgan fingerprint density at radius 2 is 1.64 bits per heavy atom. The van der Waals surface area contributed by atoms with Crippen molar-refractivity contribution < 1.29 is 22.6 Å². The first-order chi connectivity index (χ1) is 13.4. The molecule has 2 aromatic carbocycles. The van der Waals surface area contributed by atoms with Gasteiger partial charge >= 0.3 is 0 Å². The van der Waals surface area contributed by atoms with E-state index in [4.69, 9.17) is 14.2 Å². The number of ether oxygens (including phenoxy) is 3. The first-order valence-electron chi connectivity index (χ1n) is 8.91. The first-order valence-corrected chi connectivity index (χ1v) is 10.4. The fraction of sp³-hybridized carbons (Fsp3) is 0.350. The van der Waals surface area contributed by atoms with Crippen molar-refractivity contribution in [3.8, 4) is 11.5 Å². The molecule has 28 heavy (non-hydrogen) atoms. The molecule has 0 atom stereocenters. The molecule has 150 valence electrons. The lowest BCUT2D eigenvalue weighted by Crippen LogP contribution is -2.41. The van der Waals surface area contributed by atoms with Crippen molar-refractivity contribution in [3.05, 3.63) is 53.6 Å². The average Bonchev–Trinajstić information content (AvgIpc) is 2.72. The van der Waals surface area contributed by atoms with Crippen molar-refractivity contribution in [2.24, 2.45) is 4.40 Å². The van der Waals surface area contributed by atoms with Crippen LogP contribution >= 0.6 is 0 Å². The Kier molecular flexibility index (Phi) is 6.21. The highest BCUT2D eigenvalue weighted by Crippen LogP contribution is 2.29. The zero-order valence-corrected chi connectivity index (χ0v) is 17.0. The van der Waals surface area contributed by atoms with Gasteiger partial charge in [-0.15, -0.1) is 4.40 Å². The number of aryl methyl sites for hydroxylation is 1. The van der Waals surface area contributed by atoms with Crippen LogP contribution < -0.4 is 9.47 Å². The molecule has 8 heteroatoms. The number of methoxy groups -OCH3 is 2. The largest absolute Gasteiger partial charge is 0.493 e. The zero-order chi connectivity index (χ0) is 20.1. The van der Waals surface area contributed by atoms with Gasteiger partial charge in [-0.2, -0.15) is 8.42 Å². The zero-order valence-electron chi connectivity index (χ0n) is 16.2. The molecule has 1 saturated heterocycles. The first kappa shape index (κ1) is 20.2. The molecular formula is C20H24N2O5S. The van der Waals surface area contributed by atoms with Crippen LogP contribution in [0.1, 0.15) is 11.1 Å². The lowest BCUT2D eigenvalue weighted by atomic mass is 10.1. The molecule has 0 saturated carbocycles. The van der Waals surface area contributed by atoms with Crippen LogP contribution in [0.15, 0.2) is 51.8 Å². The second kappa shape index (κ2) is 8.62. The molecule has 0 bridgehead atoms. The quantitative estimate of drug-likeness (QED) is 0.563. The molecule has 0 radical (unpaired) electrons. The Morgan fingerprint density at radius 3 is 2.25 bits per heavy atom. The van der Waals surface area contributed by atoms with E-state index >= 15 is 0 Å². The highest BCUT2D eigenvalue weighted by Gasteiger charge is 2.23. The molecule has 0 aromatic heterocycles. The van der Waals surface area contributed by atoms with E-state index in [0.29, 0.717) is 49.2 Å². The van der Waals surface area contributed by atoms with Crippen molar-refractivity contribution in [3.63, 3.8) is 0 Å². The van der Waals surface area contributed by atoms with Gasteiger partial charge in [0.15, 0.2) is 11.5 Å². The number of rotatable bonds is 5. The summed E-state index contributed by atoms with van der Waals surface area (Å²) >= 11 is 0. The number of hydrogen-bond acceptors (Lipinski definition) is 5. The molecule has 7 nitrogen and oxygen atoms in total. The fourth-order valence-electron chi connectivity index (χ4n) is 2.92. The maximum Gasteiger partial charge on any atom is 0.284 e. The smallest absolute Gasteiger partial charge is 0.284 e. The van der Waals surface area contributed by atoms with Crippen LogP contribution in [0, 0.1) is 6.92 Å². The van der Waals surface area contributed by atoms with Crippen molar-refractivity contribution in [1.29, 1.82) is 0 Å². The Hall–Kier alpha value is -2.58. The summed E-state index contributed by atoms with van der Waals surface area (Å²) in [5, 5.41) is 0. The summed E-state index contributed by atoms with van der Waals surface area (Å²) in [5.74, 6) is 1.44. The minimum absolute atomic E-state index is 0.157. The second-order valence-electron chi connectivity index (χ2n) is 6.37. The van der Waals surface area contributed by atoms with Gasteiger partial charge < -0.3 is 19.1 Å². The predicted octanol–water partition coefficient (Wildman–Crippen LogP) is 2.48. The minimum Gasteiger partial charge on any atom is -0.493 e. The van der Waals surface area contributed by atoms with Crippen LogP contribution in [0.3, 0.4) is 0 Å². The van der Waals surface area contributed by atoms with Gasteiger partial charge in [0, 0.05) is 18.7 Å². The van der Waals surface area contributed by atoms with E-state index < -0.39 is 10.0 Å². The van der Waals surface area contributed by atoms with E-state index in [1.165, 1.54) is 7.11 Å². The van der Waals surface area contributed by atoms with Crippen LogP contribution in [0.25, 0.3) is 0 Å². The summed E-state index contributed by atoms with van der Waals surface area (Å²) < 4.78 is 46.1. The van der Waals surface area contributed by atoms with E-state index in [-0.39, 0.29) is 4.90 Å². The highest BCUT2D eigenvalue weighted by atomic mass is 32.2. The van der Waals surface area contributed by atoms with Gasteiger partial charge in [-0.25, -0.2) is 0 Å².